The Morgan fingerprint density at radius 1 is 1.45 bits per heavy atom. The predicted octanol–water partition coefficient (Wildman–Crippen LogP) is 1.81. The summed E-state index contributed by atoms with van der Waals surface area (Å²) in [6.07, 6.45) is -3.84. The molecule has 0 aliphatic carbocycles. The van der Waals surface area contributed by atoms with E-state index in [1.54, 1.807) is 0 Å². The minimum Gasteiger partial charge on any atom is -0.364 e. The number of carbonyl (C=O) groups is 1. The molecule has 2 aromatic rings. The number of halogens is 4. The maximum atomic E-state index is 12.7. The van der Waals surface area contributed by atoms with Gasteiger partial charge in [-0.3, -0.25) is 9.20 Å². The zero-order chi connectivity index (χ0) is 15.1. The molecule has 106 valence electrons. The van der Waals surface area contributed by atoms with E-state index in [4.69, 9.17) is 17.3 Å². The minimum absolute atomic E-state index is 0.000521. The SMILES string of the molecule is C=C(Nc1nnc2c(Cl)cc(C(F)(F)F)cn12)C(N)=O. The summed E-state index contributed by atoms with van der Waals surface area (Å²) < 4.78 is 39.1. The minimum atomic E-state index is -4.58. The third-order valence-corrected chi connectivity index (χ3v) is 2.63. The van der Waals surface area contributed by atoms with Gasteiger partial charge in [0.1, 0.15) is 0 Å². The van der Waals surface area contributed by atoms with Gasteiger partial charge in [0, 0.05) is 6.20 Å². The fourth-order valence-corrected chi connectivity index (χ4v) is 1.64. The van der Waals surface area contributed by atoms with Gasteiger partial charge in [-0.1, -0.05) is 18.2 Å². The molecule has 0 aliphatic heterocycles. The molecule has 2 heterocycles. The molecule has 2 rings (SSSR count). The number of pyridine rings is 1. The largest absolute Gasteiger partial charge is 0.417 e. The van der Waals surface area contributed by atoms with Crippen molar-refractivity contribution in [1.29, 1.82) is 0 Å². The number of hydrogen-bond donors (Lipinski definition) is 2. The standard InChI is InChI=1S/C10H7ClF3N5O/c1-4(7(15)20)16-9-18-17-8-6(11)2-5(3-19(8)9)10(12,13)14/h2-3H,1H2,(H2,15,20)(H,16,18). The number of aromatic nitrogens is 3. The second-order valence-electron chi connectivity index (χ2n) is 3.76. The molecule has 0 bridgehead atoms. The van der Waals surface area contributed by atoms with Crippen molar-refractivity contribution in [2.24, 2.45) is 5.73 Å². The Balaban J connectivity index is 2.56. The molecule has 0 radical (unpaired) electrons. The molecule has 2 aromatic heterocycles. The Hall–Kier alpha value is -2.29. The summed E-state index contributed by atoms with van der Waals surface area (Å²) in [5.41, 5.74) is 3.73. The molecular weight excluding hydrogens is 299 g/mol. The van der Waals surface area contributed by atoms with Crippen LogP contribution < -0.4 is 11.1 Å². The summed E-state index contributed by atoms with van der Waals surface area (Å²) in [5, 5.41) is 9.33. The average Bonchev–Trinajstić information content (AvgIpc) is 2.71. The van der Waals surface area contributed by atoms with E-state index in [1.807, 2.05) is 0 Å². The number of nitrogens with one attached hydrogen (secondary N) is 1. The quantitative estimate of drug-likeness (QED) is 0.847. The number of fused-ring (bicyclic) bond motifs is 1. The Morgan fingerprint density at radius 3 is 2.65 bits per heavy atom. The van der Waals surface area contributed by atoms with Crippen LogP contribution in [0.4, 0.5) is 19.1 Å². The van der Waals surface area contributed by atoms with Crippen LogP contribution in [-0.4, -0.2) is 20.5 Å². The number of anilines is 1. The summed E-state index contributed by atoms with van der Waals surface area (Å²) in [5.74, 6) is -1.03. The number of rotatable bonds is 3. The van der Waals surface area contributed by atoms with Gasteiger partial charge in [0.2, 0.25) is 5.95 Å². The number of nitrogens with zero attached hydrogens (tertiary/aromatic N) is 3. The van der Waals surface area contributed by atoms with E-state index in [0.29, 0.717) is 0 Å². The van der Waals surface area contributed by atoms with Crippen molar-refractivity contribution < 1.29 is 18.0 Å². The van der Waals surface area contributed by atoms with Gasteiger partial charge in [0.25, 0.3) is 5.91 Å². The van der Waals surface area contributed by atoms with E-state index in [2.05, 4.69) is 22.1 Å². The molecule has 0 atom stereocenters. The Bertz CT molecular complexity index is 709. The van der Waals surface area contributed by atoms with Gasteiger partial charge in [-0.05, 0) is 6.07 Å². The number of amides is 1. The van der Waals surface area contributed by atoms with Crippen molar-refractivity contribution in [2.75, 3.05) is 5.32 Å². The maximum absolute atomic E-state index is 12.7. The van der Waals surface area contributed by atoms with E-state index in [9.17, 15) is 18.0 Å². The molecule has 20 heavy (non-hydrogen) atoms. The molecule has 0 unspecified atom stereocenters. The zero-order valence-electron chi connectivity index (χ0n) is 9.70. The highest BCUT2D eigenvalue weighted by atomic mass is 35.5. The van der Waals surface area contributed by atoms with Crippen molar-refractivity contribution >= 4 is 29.1 Å². The van der Waals surface area contributed by atoms with Crippen LogP contribution in [0.1, 0.15) is 5.56 Å². The lowest BCUT2D eigenvalue weighted by Gasteiger charge is -2.09. The highest BCUT2D eigenvalue weighted by Gasteiger charge is 2.32. The number of carbonyl (C=O) groups excluding carboxylic acids is 1. The maximum Gasteiger partial charge on any atom is 0.417 e. The number of nitrogens with two attached hydrogens (primary N) is 1. The van der Waals surface area contributed by atoms with Gasteiger partial charge >= 0.3 is 6.18 Å². The van der Waals surface area contributed by atoms with Crippen molar-refractivity contribution in [3.63, 3.8) is 0 Å². The Kier molecular flexibility index (Phi) is 3.30. The molecule has 0 aromatic carbocycles. The second kappa shape index (κ2) is 4.67. The van der Waals surface area contributed by atoms with E-state index in [1.165, 1.54) is 0 Å². The molecule has 6 nitrogen and oxygen atoms in total. The van der Waals surface area contributed by atoms with Gasteiger partial charge in [0.05, 0.1) is 16.3 Å². The molecule has 0 fully saturated rings. The summed E-state index contributed by atoms with van der Waals surface area (Å²) in [7, 11) is 0. The predicted molar refractivity (Wildman–Crippen MR) is 65.0 cm³/mol. The van der Waals surface area contributed by atoms with Crippen molar-refractivity contribution in [1.82, 2.24) is 14.6 Å². The third kappa shape index (κ3) is 2.52. The van der Waals surface area contributed by atoms with Gasteiger partial charge in [-0.25, -0.2) is 0 Å². The first-order chi connectivity index (χ1) is 9.20. The summed E-state index contributed by atoms with van der Waals surface area (Å²) in [6.45, 7) is 3.31. The van der Waals surface area contributed by atoms with E-state index in [-0.39, 0.29) is 22.3 Å². The van der Waals surface area contributed by atoms with Crippen LogP contribution >= 0.6 is 11.6 Å². The lowest BCUT2D eigenvalue weighted by atomic mass is 10.3. The van der Waals surface area contributed by atoms with Crippen LogP contribution in [-0.2, 0) is 11.0 Å². The Labute approximate surface area is 115 Å². The van der Waals surface area contributed by atoms with Gasteiger partial charge in [-0.15, -0.1) is 10.2 Å². The average molecular weight is 306 g/mol. The number of alkyl halides is 3. The molecule has 0 spiro atoms. The lowest BCUT2D eigenvalue weighted by Crippen LogP contribution is -2.19. The molecule has 0 saturated heterocycles. The lowest BCUT2D eigenvalue weighted by molar-refractivity contribution is -0.137. The van der Waals surface area contributed by atoms with Crippen LogP contribution in [0.5, 0.6) is 0 Å². The van der Waals surface area contributed by atoms with E-state index >= 15 is 0 Å². The molecular formula is C10H7ClF3N5O. The van der Waals surface area contributed by atoms with E-state index in [0.717, 1.165) is 16.7 Å². The fourth-order valence-electron chi connectivity index (χ4n) is 1.39. The summed E-state index contributed by atoms with van der Waals surface area (Å²) in [6, 6.07) is 0.734. The van der Waals surface area contributed by atoms with Crippen LogP contribution in [0.15, 0.2) is 24.5 Å². The first-order valence-corrected chi connectivity index (χ1v) is 5.45. The molecule has 0 saturated carbocycles. The van der Waals surface area contributed by atoms with Crippen molar-refractivity contribution in [3.8, 4) is 0 Å². The van der Waals surface area contributed by atoms with E-state index < -0.39 is 17.6 Å². The first-order valence-electron chi connectivity index (χ1n) is 5.07. The van der Waals surface area contributed by atoms with Crippen LogP contribution in [0.3, 0.4) is 0 Å². The number of primary amides is 1. The van der Waals surface area contributed by atoms with Crippen LogP contribution in [0.2, 0.25) is 5.02 Å². The van der Waals surface area contributed by atoms with Crippen molar-refractivity contribution in [3.05, 3.63) is 35.1 Å². The monoisotopic (exact) mass is 305 g/mol. The third-order valence-electron chi connectivity index (χ3n) is 2.35. The van der Waals surface area contributed by atoms with Crippen LogP contribution in [0.25, 0.3) is 5.65 Å². The van der Waals surface area contributed by atoms with Crippen molar-refractivity contribution in [2.45, 2.75) is 6.18 Å². The molecule has 10 heteroatoms. The molecule has 3 N–H and O–H groups in total. The van der Waals surface area contributed by atoms with Gasteiger partial charge < -0.3 is 11.1 Å². The first kappa shape index (κ1) is 14.1. The summed E-state index contributed by atoms with van der Waals surface area (Å²) in [4.78, 5) is 10.9. The highest BCUT2D eigenvalue weighted by Crippen LogP contribution is 2.32. The summed E-state index contributed by atoms with van der Waals surface area (Å²) >= 11 is 5.72. The Morgan fingerprint density at radius 2 is 2.10 bits per heavy atom. The fraction of sp³-hybridized carbons (Fsp3) is 0.100. The highest BCUT2D eigenvalue weighted by molar-refractivity contribution is 6.33. The van der Waals surface area contributed by atoms with Gasteiger partial charge in [-0.2, -0.15) is 13.2 Å². The second-order valence-corrected chi connectivity index (χ2v) is 4.17. The number of hydrogen-bond acceptors (Lipinski definition) is 4. The normalized spacial score (nSPS) is 11.6. The molecule has 1 amide bonds. The van der Waals surface area contributed by atoms with Crippen LogP contribution in [0, 0.1) is 0 Å². The molecule has 0 aliphatic rings. The topological polar surface area (TPSA) is 85.3 Å². The smallest absolute Gasteiger partial charge is 0.364 e. The van der Waals surface area contributed by atoms with Gasteiger partial charge in [0.15, 0.2) is 5.65 Å². The zero-order valence-corrected chi connectivity index (χ0v) is 10.5.